The first-order valence-corrected chi connectivity index (χ1v) is 27.8. The van der Waals surface area contributed by atoms with Gasteiger partial charge in [-0.15, -0.1) is 0 Å². The van der Waals surface area contributed by atoms with Crippen LogP contribution in [0.4, 0.5) is 0 Å². The number of allylic oxidation sites excluding steroid dienone is 4. The van der Waals surface area contributed by atoms with Gasteiger partial charge in [0.1, 0.15) is 0 Å². The van der Waals surface area contributed by atoms with Crippen molar-refractivity contribution in [3.8, 4) is 22.3 Å². The molecule has 0 aromatic heterocycles. The summed E-state index contributed by atoms with van der Waals surface area (Å²) in [5, 5.41) is 8.82. The number of rotatable bonds is 22. The van der Waals surface area contributed by atoms with Gasteiger partial charge in [0.05, 0.1) is 63.9 Å². The number of ketones is 2. The summed E-state index contributed by atoms with van der Waals surface area (Å²) in [6.45, 7) is 7.91. The monoisotopic (exact) mass is 1010 g/mol. The molecular weight excluding hydrogens is 939 g/mol. The van der Waals surface area contributed by atoms with Gasteiger partial charge in [0.15, 0.2) is 11.6 Å². The molecule has 8 rings (SSSR count). The number of unbranched alkanes of at least 4 members (excludes halogenated alkanes) is 2. The second-order valence-corrected chi connectivity index (χ2v) is 21.7. The topological polar surface area (TPSA) is 155 Å². The predicted octanol–water partition coefficient (Wildman–Crippen LogP) is 6.26. The minimum atomic E-state index is -3.21. The fourth-order valence-electron chi connectivity index (χ4n) is 10.3. The van der Waals surface area contributed by atoms with E-state index in [1.807, 2.05) is 48.6 Å². The number of aliphatic carboxylic acids is 1. The summed E-state index contributed by atoms with van der Waals surface area (Å²) < 4.78 is 35.1. The van der Waals surface area contributed by atoms with Crippen LogP contribution in [0.15, 0.2) is 133 Å². The molecule has 2 saturated heterocycles. The third-order valence-corrected chi connectivity index (χ3v) is 15.1. The molecule has 14 heteroatoms. The average molecular weight is 1010 g/mol. The first kappa shape index (κ1) is 57.4. The zero-order valence-corrected chi connectivity index (χ0v) is 45.2. The number of morpholine rings is 2. The number of Topliss-reactive ketones (excluding diaryl/α,β-unsaturated/α-hetero) is 2. The molecule has 4 aliphatic rings. The van der Waals surface area contributed by atoms with Gasteiger partial charge in [0.25, 0.3) is 0 Å². The van der Waals surface area contributed by atoms with Crippen LogP contribution in [0.25, 0.3) is 22.3 Å². The molecule has 2 heterocycles. The van der Waals surface area contributed by atoms with E-state index in [1.54, 1.807) is 0 Å². The number of carboxylic acid groups (broad SMARTS) is 1. The Kier molecular flexibility index (Phi) is 23.8. The van der Waals surface area contributed by atoms with Crippen LogP contribution in [0.5, 0.6) is 0 Å². The minimum absolute atomic E-state index is 0. The van der Waals surface area contributed by atoms with Gasteiger partial charge in [-0.1, -0.05) is 133 Å². The van der Waals surface area contributed by atoms with Crippen LogP contribution < -0.4 is 34.5 Å². The Balaban J connectivity index is 0.000000232. The summed E-state index contributed by atoms with van der Waals surface area (Å²) >= 11 is 0. The van der Waals surface area contributed by atoms with Crippen molar-refractivity contribution in [2.75, 3.05) is 65.4 Å². The van der Waals surface area contributed by atoms with Crippen LogP contribution in [0.3, 0.4) is 0 Å². The second-order valence-electron chi connectivity index (χ2n) is 19.3. The Morgan fingerprint density at radius 1 is 0.625 bits per heavy atom. The second kappa shape index (κ2) is 29.9. The summed E-state index contributed by atoms with van der Waals surface area (Å²) in [6, 6.07) is 37.1. The Morgan fingerprint density at radius 2 is 1.01 bits per heavy atom. The molecule has 2 aliphatic heterocycles. The van der Waals surface area contributed by atoms with E-state index in [4.69, 9.17) is 24.1 Å². The number of ether oxygens (including phenoxy) is 4. The summed E-state index contributed by atoms with van der Waals surface area (Å²) in [5.41, 5.74) is 6.89. The molecule has 72 heavy (non-hydrogen) atoms. The molecule has 2 aliphatic carbocycles. The standard InChI is InChI=1S/C29H38NO5P.C29H35NO5.Na/c1-36(32,33)20-8-3-2-7-11-26-28(21-27(31)29(26)30-16-18-34-19-17-30)35-22-23-12-14-25(15-13-23)24-9-5-4-6-10-24;31-26-20-27(35-21-22-12-14-24(15-13-22)23-8-4-3-5-9-23)25(10-6-1-2-7-11-28(32)33)29(26)30-16-18-34-19-17-30;/h2,4-7,9-10,12-15,26,28-29H,3,8,11,16-22H2,1H3,(H,32,33);1,3-6,8-9,12-15,25,27,29H,2,7,10-11,16-21H2,(H,32,33);/q;;+1/p-1/b7-2-;6-1-;/t26-,28?,29?;25-,27?,29?;/m00./s1. The number of benzene rings is 4. The van der Waals surface area contributed by atoms with Gasteiger partial charge in [-0.05, 0) is 84.7 Å². The van der Waals surface area contributed by atoms with Crippen molar-refractivity contribution in [3.63, 3.8) is 0 Å². The van der Waals surface area contributed by atoms with Crippen molar-refractivity contribution in [2.45, 2.75) is 95.3 Å². The SMILES string of the molecule is CP(=O)([O-])CCC/C=C\C[C@H]1C(OCc2ccc(-c3ccccc3)cc2)CC(=O)C1N1CCOCC1.O=C(O)CCC/C=C\C[C@H]1C(OCc2ccc(-c3ccccc3)cc2)CC(=O)C1N1CCOCC1.[Na+]. The summed E-state index contributed by atoms with van der Waals surface area (Å²) in [6.07, 6.45) is 13.5. The fourth-order valence-corrected chi connectivity index (χ4v) is 11.0. The van der Waals surface area contributed by atoms with E-state index in [1.165, 1.54) is 28.9 Å². The summed E-state index contributed by atoms with van der Waals surface area (Å²) in [5.74, 6) is -0.108. The van der Waals surface area contributed by atoms with Crippen LogP contribution in [0.2, 0.25) is 0 Å². The molecule has 380 valence electrons. The van der Waals surface area contributed by atoms with Crippen LogP contribution >= 0.6 is 7.37 Å². The fraction of sp³-hybridized carbons (Fsp3) is 0.466. The average Bonchev–Trinajstić information content (AvgIpc) is 3.89. The number of carboxylic acids is 1. The molecule has 0 radical (unpaired) electrons. The van der Waals surface area contributed by atoms with Crippen LogP contribution in [-0.4, -0.2) is 122 Å². The van der Waals surface area contributed by atoms with Crippen LogP contribution in [0, 0.1) is 11.8 Å². The number of hydrogen-bond donors (Lipinski definition) is 1. The molecule has 0 amide bonds. The van der Waals surface area contributed by atoms with Crippen molar-refractivity contribution >= 4 is 24.9 Å². The van der Waals surface area contributed by atoms with E-state index in [9.17, 15) is 23.8 Å². The summed E-state index contributed by atoms with van der Waals surface area (Å²) in [4.78, 5) is 52.8. The third kappa shape index (κ3) is 17.9. The molecule has 1 N–H and O–H groups in total. The normalized spacial score (nSPS) is 23.7. The molecule has 0 spiro atoms. The first-order valence-electron chi connectivity index (χ1n) is 25.5. The number of carbonyl (C=O) groups is 3. The quantitative estimate of drug-likeness (QED) is 0.0410. The zero-order chi connectivity index (χ0) is 49.8. The van der Waals surface area contributed by atoms with Gasteiger partial charge >= 0.3 is 35.5 Å². The number of hydrogen-bond acceptors (Lipinski definition) is 11. The van der Waals surface area contributed by atoms with Gasteiger partial charge in [-0.3, -0.25) is 24.2 Å². The Labute approximate surface area is 448 Å². The molecule has 4 aromatic rings. The minimum Gasteiger partial charge on any atom is -0.799 e. The first-order chi connectivity index (χ1) is 34.5. The van der Waals surface area contributed by atoms with Crippen LogP contribution in [-0.2, 0) is 51.1 Å². The molecule has 5 unspecified atom stereocenters. The van der Waals surface area contributed by atoms with E-state index >= 15 is 0 Å². The van der Waals surface area contributed by atoms with Crippen LogP contribution in [0.1, 0.15) is 68.9 Å². The van der Waals surface area contributed by atoms with Crippen molar-refractivity contribution < 1.29 is 77.5 Å². The van der Waals surface area contributed by atoms with Gasteiger partial charge in [0, 0.05) is 64.6 Å². The van der Waals surface area contributed by atoms with Crippen molar-refractivity contribution in [1.82, 2.24) is 9.80 Å². The van der Waals surface area contributed by atoms with Gasteiger partial charge in [-0.2, -0.15) is 0 Å². The van der Waals surface area contributed by atoms with Crippen molar-refractivity contribution in [3.05, 3.63) is 145 Å². The van der Waals surface area contributed by atoms with Crippen molar-refractivity contribution in [2.24, 2.45) is 11.8 Å². The van der Waals surface area contributed by atoms with E-state index in [0.717, 1.165) is 63.0 Å². The van der Waals surface area contributed by atoms with Gasteiger partial charge in [0.2, 0.25) is 0 Å². The van der Waals surface area contributed by atoms with Gasteiger partial charge < -0.3 is 33.5 Å². The molecule has 7 atom stereocenters. The van der Waals surface area contributed by atoms with E-state index < -0.39 is 13.3 Å². The smallest absolute Gasteiger partial charge is 0.799 e. The maximum absolute atomic E-state index is 13.1. The zero-order valence-electron chi connectivity index (χ0n) is 42.3. The van der Waals surface area contributed by atoms with Crippen molar-refractivity contribution in [1.29, 1.82) is 0 Å². The van der Waals surface area contributed by atoms with E-state index in [2.05, 4.69) is 94.7 Å². The molecule has 12 nitrogen and oxygen atoms in total. The molecule has 4 fully saturated rings. The molecular formula is C58H72N2NaO10P. The Hall–Kier alpha value is -3.88. The number of carbonyl (C=O) groups excluding carboxylic acids is 2. The molecule has 4 aromatic carbocycles. The van der Waals surface area contributed by atoms with Gasteiger partial charge in [-0.25, -0.2) is 0 Å². The maximum atomic E-state index is 13.1. The van der Waals surface area contributed by atoms with E-state index in [0.29, 0.717) is 65.3 Å². The third-order valence-electron chi connectivity index (χ3n) is 14.0. The van der Waals surface area contributed by atoms with E-state index in [-0.39, 0.29) is 89.8 Å². The summed E-state index contributed by atoms with van der Waals surface area (Å²) in [7, 11) is -3.21. The Bertz CT molecular complexity index is 2370. The Morgan fingerprint density at radius 3 is 1.40 bits per heavy atom. The molecule has 0 bridgehead atoms. The maximum Gasteiger partial charge on any atom is 1.00 e. The number of nitrogens with zero attached hydrogens (tertiary/aromatic N) is 2. The molecule has 2 saturated carbocycles. The predicted molar refractivity (Wildman–Crippen MR) is 276 cm³/mol. The largest absolute Gasteiger partial charge is 1.00 e.